The second-order valence-electron chi connectivity index (χ2n) is 5.69. The first kappa shape index (κ1) is 15.1. The second kappa shape index (κ2) is 6.94. The van der Waals surface area contributed by atoms with Crippen LogP contribution in [0, 0.1) is 5.92 Å². The van der Waals surface area contributed by atoms with E-state index in [1.165, 1.54) is 11.1 Å². The van der Waals surface area contributed by atoms with Crippen molar-refractivity contribution in [1.82, 2.24) is 4.98 Å². The molecule has 1 amide bonds. The van der Waals surface area contributed by atoms with Gasteiger partial charge in [-0.2, -0.15) is 0 Å². The Morgan fingerprint density at radius 3 is 2.57 bits per heavy atom. The minimum atomic E-state index is 0.0880. The normalized spacial score (nSPS) is 17.1. The Morgan fingerprint density at radius 1 is 1.17 bits per heavy atom. The van der Waals surface area contributed by atoms with Crippen LogP contribution >= 0.6 is 0 Å². The zero-order chi connectivity index (χ0) is 16.1. The molecule has 1 atom stereocenters. The number of hydrogen-bond donors (Lipinski definition) is 0. The summed E-state index contributed by atoms with van der Waals surface area (Å²) in [7, 11) is 0. The van der Waals surface area contributed by atoms with Crippen LogP contribution in [0.5, 0.6) is 0 Å². The summed E-state index contributed by atoms with van der Waals surface area (Å²) in [5.41, 5.74) is 11.7. The molecule has 2 heterocycles. The molecular formula is C17H17N5O. The van der Waals surface area contributed by atoms with Crippen LogP contribution in [0.1, 0.15) is 17.5 Å². The van der Waals surface area contributed by atoms with Gasteiger partial charge in [0.2, 0.25) is 5.91 Å². The molecule has 6 heteroatoms. The number of carbonyl (C=O) groups excluding carboxylic acids is 1. The maximum Gasteiger partial charge on any atom is 0.227 e. The lowest BCUT2D eigenvalue weighted by Gasteiger charge is -2.17. The van der Waals surface area contributed by atoms with Crippen LogP contribution in [0.4, 0.5) is 5.69 Å². The monoisotopic (exact) mass is 307 g/mol. The fourth-order valence-electron chi connectivity index (χ4n) is 2.84. The number of carbonyl (C=O) groups is 1. The predicted octanol–water partition coefficient (Wildman–Crippen LogP) is 3.34. The van der Waals surface area contributed by atoms with E-state index in [0.717, 1.165) is 12.1 Å². The fraction of sp³-hybridized carbons (Fsp3) is 0.294. The molecule has 0 N–H and O–H groups in total. The molecule has 0 bridgehead atoms. The van der Waals surface area contributed by atoms with Crippen LogP contribution in [0.15, 0.2) is 53.9 Å². The van der Waals surface area contributed by atoms with Gasteiger partial charge in [-0.3, -0.25) is 9.78 Å². The lowest BCUT2D eigenvalue weighted by atomic mass is 10.1. The van der Waals surface area contributed by atoms with Crippen LogP contribution in [0.25, 0.3) is 10.4 Å². The van der Waals surface area contributed by atoms with Crippen molar-refractivity contribution in [3.63, 3.8) is 0 Å². The third kappa shape index (κ3) is 3.67. The summed E-state index contributed by atoms with van der Waals surface area (Å²) >= 11 is 0. The molecule has 1 aliphatic rings. The summed E-state index contributed by atoms with van der Waals surface area (Å²) in [6.45, 7) is 0.987. The van der Waals surface area contributed by atoms with E-state index < -0.39 is 0 Å². The van der Waals surface area contributed by atoms with Crippen molar-refractivity contribution in [3.05, 3.63) is 70.4 Å². The highest BCUT2D eigenvalue weighted by Crippen LogP contribution is 2.26. The Labute approximate surface area is 134 Å². The van der Waals surface area contributed by atoms with Crippen molar-refractivity contribution in [2.24, 2.45) is 11.0 Å². The molecule has 0 saturated carbocycles. The summed E-state index contributed by atoms with van der Waals surface area (Å²) in [6.07, 6.45) is 4.86. The third-order valence-corrected chi connectivity index (χ3v) is 4.01. The number of benzene rings is 1. The first-order valence-corrected chi connectivity index (χ1v) is 7.55. The molecule has 0 spiro atoms. The molecule has 0 radical (unpaired) electrons. The van der Waals surface area contributed by atoms with Gasteiger partial charge >= 0.3 is 0 Å². The van der Waals surface area contributed by atoms with Gasteiger partial charge in [0, 0.05) is 42.5 Å². The van der Waals surface area contributed by atoms with Crippen LogP contribution in [0.2, 0.25) is 0 Å². The van der Waals surface area contributed by atoms with E-state index in [2.05, 4.69) is 15.0 Å². The third-order valence-electron chi connectivity index (χ3n) is 4.01. The van der Waals surface area contributed by atoms with E-state index in [9.17, 15) is 4.79 Å². The Kier molecular flexibility index (Phi) is 4.54. The minimum absolute atomic E-state index is 0.0880. The highest BCUT2D eigenvalue weighted by Gasteiger charge is 2.29. The molecule has 1 saturated heterocycles. The van der Waals surface area contributed by atoms with Gasteiger partial charge in [-0.25, -0.2) is 0 Å². The topological polar surface area (TPSA) is 82.0 Å². The van der Waals surface area contributed by atoms with Crippen molar-refractivity contribution in [1.29, 1.82) is 0 Å². The van der Waals surface area contributed by atoms with Gasteiger partial charge < -0.3 is 4.90 Å². The minimum Gasteiger partial charge on any atom is -0.312 e. The van der Waals surface area contributed by atoms with Crippen LogP contribution in [-0.2, 0) is 11.2 Å². The van der Waals surface area contributed by atoms with Gasteiger partial charge in [0.1, 0.15) is 0 Å². The summed E-state index contributed by atoms with van der Waals surface area (Å²) in [5.74, 6) is 0.194. The summed E-state index contributed by atoms with van der Waals surface area (Å²) in [4.78, 5) is 20.7. The molecule has 3 rings (SSSR count). The quantitative estimate of drug-likeness (QED) is 0.482. The molecular weight excluding hydrogens is 290 g/mol. The van der Waals surface area contributed by atoms with Gasteiger partial charge in [0.15, 0.2) is 0 Å². The Morgan fingerprint density at radius 2 is 1.87 bits per heavy atom. The number of hydrogen-bond acceptors (Lipinski definition) is 3. The van der Waals surface area contributed by atoms with Gasteiger partial charge in [-0.05, 0) is 53.3 Å². The molecule has 2 aromatic rings. The van der Waals surface area contributed by atoms with Crippen molar-refractivity contribution < 1.29 is 4.79 Å². The first-order chi connectivity index (χ1) is 11.3. The first-order valence-electron chi connectivity index (χ1n) is 7.55. The molecule has 1 unspecified atom stereocenters. The van der Waals surface area contributed by atoms with E-state index in [-0.39, 0.29) is 11.8 Å². The lowest BCUT2D eigenvalue weighted by Crippen LogP contribution is -2.24. The standard InChI is InChI=1S/C17H17N5O/c18-21-20-11-15-10-17(23)22(12-15)16-3-1-13(2-4-16)9-14-5-7-19-8-6-14/h1-8,15H,9-12H2. The highest BCUT2D eigenvalue weighted by atomic mass is 16.2. The van der Waals surface area contributed by atoms with Crippen molar-refractivity contribution in [2.45, 2.75) is 12.8 Å². The Hall–Kier alpha value is -2.85. The maximum atomic E-state index is 12.1. The average molecular weight is 307 g/mol. The van der Waals surface area contributed by atoms with E-state index in [1.54, 1.807) is 17.3 Å². The number of azide groups is 1. The molecule has 116 valence electrons. The van der Waals surface area contributed by atoms with Crippen LogP contribution in [0.3, 0.4) is 0 Å². The summed E-state index contributed by atoms with van der Waals surface area (Å²) < 4.78 is 0. The largest absolute Gasteiger partial charge is 0.312 e. The number of nitrogens with zero attached hydrogens (tertiary/aromatic N) is 5. The van der Waals surface area contributed by atoms with Gasteiger partial charge in [-0.15, -0.1) is 0 Å². The number of rotatable bonds is 5. The van der Waals surface area contributed by atoms with Crippen LogP contribution in [-0.4, -0.2) is 24.0 Å². The molecule has 1 aliphatic heterocycles. The average Bonchev–Trinajstić information content (AvgIpc) is 2.95. The zero-order valence-corrected chi connectivity index (χ0v) is 12.7. The molecule has 6 nitrogen and oxygen atoms in total. The van der Waals surface area contributed by atoms with Gasteiger partial charge in [0.25, 0.3) is 0 Å². The molecule has 23 heavy (non-hydrogen) atoms. The van der Waals surface area contributed by atoms with E-state index >= 15 is 0 Å². The van der Waals surface area contributed by atoms with Gasteiger partial charge in [-0.1, -0.05) is 17.2 Å². The molecule has 1 aromatic carbocycles. The summed E-state index contributed by atoms with van der Waals surface area (Å²) in [6, 6.07) is 12.0. The smallest absolute Gasteiger partial charge is 0.227 e. The highest BCUT2D eigenvalue weighted by molar-refractivity contribution is 5.95. The number of aromatic nitrogens is 1. The number of amides is 1. The predicted molar refractivity (Wildman–Crippen MR) is 88.0 cm³/mol. The van der Waals surface area contributed by atoms with Gasteiger partial charge in [0.05, 0.1) is 0 Å². The Balaban J connectivity index is 1.67. The lowest BCUT2D eigenvalue weighted by molar-refractivity contribution is -0.117. The molecule has 0 aliphatic carbocycles. The zero-order valence-electron chi connectivity index (χ0n) is 12.7. The number of pyridine rings is 1. The Bertz CT molecular complexity index is 722. The van der Waals surface area contributed by atoms with Crippen molar-refractivity contribution in [3.8, 4) is 0 Å². The molecule has 1 fully saturated rings. The van der Waals surface area contributed by atoms with Crippen LogP contribution < -0.4 is 4.90 Å². The van der Waals surface area contributed by atoms with E-state index in [4.69, 9.17) is 5.53 Å². The van der Waals surface area contributed by atoms with Crippen molar-refractivity contribution in [2.75, 3.05) is 18.0 Å². The second-order valence-corrected chi connectivity index (χ2v) is 5.69. The SMILES string of the molecule is [N-]=[N+]=NCC1CC(=O)N(c2ccc(Cc3ccncc3)cc2)C1. The number of anilines is 1. The maximum absolute atomic E-state index is 12.1. The van der Waals surface area contributed by atoms with Crippen molar-refractivity contribution >= 4 is 11.6 Å². The van der Waals surface area contributed by atoms with E-state index in [0.29, 0.717) is 19.5 Å². The fourth-order valence-corrected chi connectivity index (χ4v) is 2.84. The molecule has 1 aromatic heterocycles. The van der Waals surface area contributed by atoms with E-state index in [1.807, 2.05) is 36.4 Å². The summed E-state index contributed by atoms with van der Waals surface area (Å²) in [5, 5.41) is 3.57.